The van der Waals surface area contributed by atoms with Gasteiger partial charge in [0.25, 0.3) is 0 Å². The summed E-state index contributed by atoms with van der Waals surface area (Å²) in [6.07, 6.45) is 2.93. The molecule has 1 atom stereocenters. The highest BCUT2D eigenvalue weighted by Crippen LogP contribution is 2.19. The summed E-state index contributed by atoms with van der Waals surface area (Å²) in [4.78, 5) is 4.20. The van der Waals surface area contributed by atoms with Crippen LogP contribution in [0.3, 0.4) is 0 Å². The molecule has 1 aliphatic rings. The van der Waals surface area contributed by atoms with Crippen LogP contribution in [0, 0.1) is 5.82 Å². The molecule has 0 bridgehead atoms. The summed E-state index contributed by atoms with van der Waals surface area (Å²) >= 11 is 0. The van der Waals surface area contributed by atoms with Crippen molar-refractivity contribution in [2.24, 2.45) is 0 Å². The van der Waals surface area contributed by atoms with Crippen LogP contribution in [0.15, 0.2) is 24.5 Å². The Hall–Kier alpha value is -1.47. The van der Waals surface area contributed by atoms with Crippen LogP contribution in [0.25, 0.3) is 5.52 Å². The van der Waals surface area contributed by atoms with Crippen molar-refractivity contribution in [2.45, 2.75) is 6.04 Å². The van der Waals surface area contributed by atoms with Gasteiger partial charge in [-0.2, -0.15) is 0 Å². The highest BCUT2D eigenvalue weighted by Gasteiger charge is 2.28. The lowest BCUT2D eigenvalue weighted by atomic mass is 10.3. The van der Waals surface area contributed by atoms with Crippen LogP contribution in [0.2, 0.25) is 0 Å². The van der Waals surface area contributed by atoms with Crippen LogP contribution in [0.4, 0.5) is 4.39 Å². The third kappa shape index (κ3) is 1.99. The highest BCUT2D eigenvalue weighted by molar-refractivity contribution is 7.91. The van der Waals surface area contributed by atoms with E-state index in [2.05, 4.69) is 10.3 Å². The number of halogens is 1. The molecule has 1 fully saturated rings. The Kier molecular flexibility index (Phi) is 2.60. The maximum atomic E-state index is 13.2. The fraction of sp³-hybridized carbons (Fsp3) is 0.364. The number of nitrogens with zero attached hydrogens (tertiary/aromatic N) is 2. The number of imidazole rings is 1. The van der Waals surface area contributed by atoms with Gasteiger partial charge < -0.3 is 5.32 Å². The average molecular weight is 269 g/mol. The number of fused-ring (bicyclic) bond motifs is 1. The zero-order chi connectivity index (χ0) is 12.8. The van der Waals surface area contributed by atoms with E-state index >= 15 is 0 Å². The van der Waals surface area contributed by atoms with Gasteiger partial charge in [-0.15, -0.1) is 0 Å². The van der Waals surface area contributed by atoms with E-state index in [9.17, 15) is 12.8 Å². The molecule has 0 amide bonds. The number of nitrogens with one attached hydrogen (secondary N) is 1. The van der Waals surface area contributed by atoms with E-state index < -0.39 is 9.84 Å². The molecule has 5 nitrogen and oxygen atoms in total. The lowest BCUT2D eigenvalue weighted by Crippen LogP contribution is -2.40. The Morgan fingerprint density at radius 2 is 2.28 bits per heavy atom. The van der Waals surface area contributed by atoms with Gasteiger partial charge in [0.15, 0.2) is 9.84 Å². The van der Waals surface area contributed by atoms with Gasteiger partial charge in [-0.1, -0.05) is 0 Å². The first-order valence-electron chi connectivity index (χ1n) is 5.61. The lowest BCUT2D eigenvalue weighted by molar-refractivity contribution is 0.512. The molecule has 7 heteroatoms. The predicted octanol–water partition coefficient (Wildman–Crippen LogP) is 0.532. The smallest absolute Gasteiger partial charge is 0.153 e. The van der Waals surface area contributed by atoms with Crippen molar-refractivity contribution in [3.8, 4) is 0 Å². The minimum Gasteiger partial charge on any atom is -0.305 e. The molecule has 1 saturated heterocycles. The van der Waals surface area contributed by atoms with Crippen molar-refractivity contribution < 1.29 is 12.8 Å². The summed E-state index contributed by atoms with van der Waals surface area (Å²) in [7, 11) is -3.05. The van der Waals surface area contributed by atoms with E-state index in [0.29, 0.717) is 12.4 Å². The Balaban J connectivity index is 2.06. The molecule has 2 aromatic rings. The van der Waals surface area contributed by atoms with Crippen LogP contribution in [-0.2, 0) is 9.84 Å². The van der Waals surface area contributed by atoms with Gasteiger partial charge in [-0.3, -0.25) is 4.40 Å². The van der Waals surface area contributed by atoms with E-state index in [4.69, 9.17) is 0 Å². The van der Waals surface area contributed by atoms with Crippen LogP contribution >= 0.6 is 0 Å². The maximum absolute atomic E-state index is 13.2. The second-order valence-electron chi connectivity index (χ2n) is 4.38. The number of hydrogen-bond donors (Lipinski definition) is 1. The summed E-state index contributed by atoms with van der Waals surface area (Å²) in [6.45, 7) is 0.400. The van der Waals surface area contributed by atoms with Crippen LogP contribution in [-0.4, -0.2) is 35.9 Å². The third-order valence-corrected chi connectivity index (χ3v) is 4.72. The first-order valence-corrected chi connectivity index (χ1v) is 7.44. The number of pyridine rings is 1. The number of sulfone groups is 1. The van der Waals surface area contributed by atoms with Crippen molar-refractivity contribution in [2.75, 3.05) is 18.1 Å². The molecule has 2 aromatic heterocycles. The first kappa shape index (κ1) is 11.6. The van der Waals surface area contributed by atoms with Gasteiger partial charge in [0.1, 0.15) is 11.6 Å². The summed E-state index contributed by atoms with van der Waals surface area (Å²) < 4.78 is 38.0. The van der Waals surface area contributed by atoms with Crippen LogP contribution in [0.5, 0.6) is 0 Å². The van der Waals surface area contributed by atoms with Crippen LogP contribution < -0.4 is 5.32 Å². The maximum Gasteiger partial charge on any atom is 0.153 e. The standard InChI is InChI=1S/C11H12FN3O2S/c12-8-1-2-9-5-14-11(15(9)6-8)10-7-18(16,17)4-3-13-10/h1-2,5-6,10,13H,3-4,7H2. The molecule has 3 heterocycles. The van der Waals surface area contributed by atoms with Gasteiger partial charge in [0.2, 0.25) is 0 Å². The minimum atomic E-state index is -3.05. The largest absolute Gasteiger partial charge is 0.305 e. The van der Waals surface area contributed by atoms with Crippen molar-refractivity contribution in [1.29, 1.82) is 0 Å². The first-order chi connectivity index (χ1) is 8.55. The Bertz CT molecular complexity index is 695. The number of hydrogen-bond acceptors (Lipinski definition) is 4. The summed E-state index contributed by atoms with van der Waals surface area (Å²) in [5.41, 5.74) is 0.746. The van der Waals surface area contributed by atoms with Crippen molar-refractivity contribution in [1.82, 2.24) is 14.7 Å². The molecule has 18 heavy (non-hydrogen) atoms. The number of rotatable bonds is 1. The molecular weight excluding hydrogens is 257 g/mol. The second-order valence-corrected chi connectivity index (χ2v) is 6.61. The van der Waals surface area contributed by atoms with E-state index in [1.54, 1.807) is 16.7 Å². The molecule has 0 saturated carbocycles. The van der Waals surface area contributed by atoms with Gasteiger partial charge in [-0.05, 0) is 12.1 Å². The molecule has 0 spiro atoms. The van der Waals surface area contributed by atoms with E-state index in [0.717, 1.165) is 5.52 Å². The lowest BCUT2D eigenvalue weighted by Gasteiger charge is -2.22. The zero-order valence-electron chi connectivity index (χ0n) is 9.51. The zero-order valence-corrected chi connectivity index (χ0v) is 10.3. The topological polar surface area (TPSA) is 63.5 Å². The van der Waals surface area contributed by atoms with Crippen molar-refractivity contribution in [3.63, 3.8) is 0 Å². The minimum absolute atomic E-state index is 0.00261. The molecule has 96 valence electrons. The Morgan fingerprint density at radius 3 is 3.06 bits per heavy atom. The normalized spacial score (nSPS) is 23.3. The molecule has 1 N–H and O–H groups in total. The van der Waals surface area contributed by atoms with Crippen molar-refractivity contribution in [3.05, 3.63) is 36.2 Å². The molecule has 1 aliphatic heterocycles. The molecule has 0 aromatic carbocycles. The summed E-state index contributed by atoms with van der Waals surface area (Å²) in [6, 6.07) is 2.59. The quantitative estimate of drug-likeness (QED) is 0.820. The van der Waals surface area contributed by atoms with Gasteiger partial charge in [-0.25, -0.2) is 17.8 Å². The molecule has 0 aliphatic carbocycles. The number of aromatic nitrogens is 2. The van der Waals surface area contributed by atoms with Gasteiger partial charge in [0, 0.05) is 12.7 Å². The second kappa shape index (κ2) is 4.03. The SMILES string of the molecule is O=S1(=O)CCNC(c2ncc3ccc(F)cn23)C1. The van der Waals surface area contributed by atoms with Gasteiger partial charge >= 0.3 is 0 Å². The molecule has 1 unspecified atom stereocenters. The van der Waals surface area contributed by atoms with Gasteiger partial charge in [0.05, 0.1) is 29.3 Å². The molecule has 3 rings (SSSR count). The predicted molar refractivity (Wildman–Crippen MR) is 64.5 cm³/mol. The highest BCUT2D eigenvalue weighted by atomic mass is 32.2. The monoisotopic (exact) mass is 269 g/mol. The van der Waals surface area contributed by atoms with E-state index in [1.165, 1.54) is 12.3 Å². The molecule has 0 radical (unpaired) electrons. The summed E-state index contributed by atoms with van der Waals surface area (Å²) in [5.74, 6) is 0.303. The third-order valence-electron chi connectivity index (χ3n) is 3.06. The molecular formula is C11H12FN3O2S. The van der Waals surface area contributed by atoms with Crippen LogP contribution in [0.1, 0.15) is 11.9 Å². The fourth-order valence-corrected chi connectivity index (χ4v) is 3.56. The Labute approximate surface area is 104 Å². The average Bonchev–Trinajstić information content (AvgIpc) is 2.70. The fourth-order valence-electron chi connectivity index (χ4n) is 2.19. The van der Waals surface area contributed by atoms with E-state index in [-0.39, 0.29) is 23.4 Å². The van der Waals surface area contributed by atoms with E-state index in [1.807, 2.05) is 0 Å². The van der Waals surface area contributed by atoms with Crippen molar-refractivity contribution >= 4 is 15.4 Å². The summed E-state index contributed by atoms with van der Waals surface area (Å²) in [5, 5.41) is 3.10. The Morgan fingerprint density at radius 1 is 1.44 bits per heavy atom.